The first-order chi connectivity index (χ1) is 10.7. The van der Waals surface area contributed by atoms with Gasteiger partial charge in [-0.05, 0) is 30.3 Å². The zero-order valence-electron chi connectivity index (χ0n) is 11.7. The van der Waals surface area contributed by atoms with Crippen LogP contribution in [-0.4, -0.2) is 18.2 Å². The highest BCUT2D eigenvalue weighted by Crippen LogP contribution is 2.26. The van der Waals surface area contributed by atoms with Gasteiger partial charge in [-0.15, -0.1) is 11.3 Å². The van der Waals surface area contributed by atoms with Crippen molar-refractivity contribution in [1.29, 1.82) is 0 Å². The first-order valence-corrected chi connectivity index (χ1v) is 7.68. The molecule has 110 valence electrons. The fourth-order valence-electron chi connectivity index (χ4n) is 2.21. The molecular formula is C17H14N2O2S. The zero-order valence-corrected chi connectivity index (χ0v) is 12.5. The van der Waals surface area contributed by atoms with Gasteiger partial charge in [0, 0.05) is 26.7 Å². The molecule has 0 fully saturated rings. The lowest BCUT2D eigenvalue weighted by Crippen LogP contribution is -2.14. The number of amides is 1. The van der Waals surface area contributed by atoms with Gasteiger partial charge in [0.05, 0.1) is 12.1 Å². The van der Waals surface area contributed by atoms with Gasteiger partial charge < -0.3 is 11.1 Å². The monoisotopic (exact) mass is 310 g/mol. The minimum Gasteiger partial charge on any atom is -0.324 e. The number of ketones is 1. The largest absolute Gasteiger partial charge is 0.324 e. The predicted octanol–water partition coefficient (Wildman–Crippen LogP) is 3.30. The summed E-state index contributed by atoms with van der Waals surface area (Å²) in [7, 11) is 0. The molecule has 3 rings (SSSR count). The van der Waals surface area contributed by atoms with Gasteiger partial charge in [0.2, 0.25) is 0 Å². The van der Waals surface area contributed by atoms with Crippen molar-refractivity contribution in [3.05, 3.63) is 65.0 Å². The molecule has 0 unspecified atom stereocenters. The van der Waals surface area contributed by atoms with Crippen LogP contribution in [0.4, 0.5) is 5.69 Å². The lowest BCUT2D eigenvalue weighted by molar-refractivity contribution is 0.0999. The standard InChI is InChI=1S/C17H14N2O2S/c18-9-15(20)11-5-7-12(8-6-11)19-17(21)14-10-22-16-4-2-1-3-13(14)16/h1-8,10H,9,18H2,(H,19,21). The maximum Gasteiger partial charge on any atom is 0.257 e. The van der Waals surface area contributed by atoms with Crippen molar-refractivity contribution < 1.29 is 9.59 Å². The van der Waals surface area contributed by atoms with Crippen LogP contribution in [0.3, 0.4) is 0 Å². The highest BCUT2D eigenvalue weighted by atomic mass is 32.1. The highest BCUT2D eigenvalue weighted by molar-refractivity contribution is 7.17. The average molecular weight is 310 g/mol. The van der Waals surface area contributed by atoms with Crippen LogP contribution in [0.1, 0.15) is 20.7 Å². The first-order valence-electron chi connectivity index (χ1n) is 6.80. The summed E-state index contributed by atoms with van der Waals surface area (Å²) in [6.07, 6.45) is 0. The van der Waals surface area contributed by atoms with Crippen LogP contribution in [0.15, 0.2) is 53.9 Å². The number of carbonyl (C=O) groups excluding carboxylic acids is 2. The fourth-order valence-corrected chi connectivity index (χ4v) is 3.15. The normalized spacial score (nSPS) is 10.6. The molecule has 3 aromatic rings. The molecular weight excluding hydrogens is 296 g/mol. The third-order valence-corrected chi connectivity index (χ3v) is 4.34. The van der Waals surface area contributed by atoms with Crippen LogP contribution >= 0.6 is 11.3 Å². The summed E-state index contributed by atoms with van der Waals surface area (Å²) < 4.78 is 1.08. The Morgan fingerprint density at radius 2 is 1.77 bits per heavy atom. The van der Waals surface area contributed by atoms with Gasteiger partial charge in [0.25, 0.3) is 5.91 Å². The summed E-state index contributed by atoms with van der Waals surface area (Å²) in [4.78, 5) is 23.8. The van der Waals surface area contributed by atoms with E-state index in [9.17, 15) is 9.59 Å². The van der Waals surface area contributed by atoms with E-state index in [1.165, 1.54) is 0 Å². The Hall–Kier alpha value is -2.50. The topological polar surface area (TPSA) is 72.2 Å². The molecule has 0 radical (unpaired) electrons. The van der Waals surface area contributed by atoms with Crippen LogP contribution in [0.5, 0.6) is 0 Å². The number of thiophene rings is 1. The zero-order chi connectivity index (χ0) is 15.5. The molecule has 2 aromatic carbocycles. The molecule has 0 spiro atoms. The molecule has 5 heteroatoms. The van der Waals surface area contributed by atoms with Crippen LogP contribution in [0.2, 0.25) is 0 Å². The second-order valence-corrected chi connectivity index (χ2v) is 5.72. The third-order valence-electron chi connectivity index (χ3n) is 3.38. The molecule has 0 saturated heterocycles. The fraction of sp³-hybridized carbons (Fsp3) is 0.0588. The molecule has 0 aliphatic rings. The van der Waals surface area contributed by atoms with Gasteiger partial charge in [0.1, 0.15) is 0 Å². The maximum atomic E-state index is 12.4. The van der Waals surface area contributed by atoms with E-state index in [-0.39, 0.29) is 18.2 Å². The van der Waals surface area contributed by atoms with Crippen LogP contribution in [0.25, 0.3) is 10.1 Å². The summed E-state index contributed by atoms with van der Waals surface area (Å²) in [6.45, 7) is -0.0212. The third kappa shape index (κ3) is 2.77. The van der Waals surface area contributed by atoms with Crippen molar-refractivity contribution in [2.75, 3.05) is 11.9 Å². The quantitative estimate of drug-likeness (QED) is 0.726. The molecule has 0 aliphatic carbocycles. The van der Waals surface area contributed by atoms with Gasteiger partial charge in [-0.1, -0.05) is 18.2 Å². The predicted molar refractivity (Wildman–Crippen MR) is 89.6 cm³/mol. The Morgan fingerprint density at radius 1 is 1.05 bits per heavy atom. The molecule has 0 aliphatic heterocycles. The second kappa shape index (κ2) is 6.09. The molecule has 1 amide bonds. The van der Waals surface area contributed by atoms with E-state index in [1.54, 1.807) is 35.6 Å². The Labute approximate surface area is 131 Å². The lowest BCUT2D eigenvalue weighted by atomic mass is 10.1. The summed E-state index contributed by atoms with van der Waals surface area (Å²) in [5.74, 6) is -0.281. The van der Waals surface area contributed by atoms with Gasteiger partial charge in [-0.25, -0.2) is 0 Å². The Balaban J connectivity index is 1.81. The molecule has 1 aromatic heterocycles. The molecule has 4 nitrogen and oxygen atoms in total. The molecule has 0 bridgehead atoms. The van der Waals surface area contributed by atoms with Crippen molar-refractivity contribution in [2.45, 2.75) is 0 Å². The highest BCUT2D eigenvalue weighted by Gasteiger charge is 2.12. The Bertz CT molecular complexity index is 837. The van der Waals surface area contributed by atoms with Gasteiger partial charge in [-0.2, -0.15) is 0 Å². The molecule has 1 heterocycles. The number of nitrogens with one attached hydrogen (secondary N) is 1. The molecule has 3 N–H and O–H groups in total. The lowest BCUT2D eigenvalue weighted by Gasteiger charge is -2.05. The smallest absolute Gasteiger partial charge is 0.257 e. The number of Topliss-reactive ketones (excluding diaryl/α,β-unsaturated/α-hetero) is 1. The van der Waals surface area contributed by atoms with Crippen LogP contribution < -0.4 is 11.1 Å². The van der Waals surface area contributed by atoms with Gasteiger partial charge in [0.15, 0.2) is 5.78 Å². The average Bonchev–Trinajstić information content (AvgIpc) is 2.99. The van der Waals surface area contributed by atoms with Gasteiger partial charge >= 0.3 is 0 Å². The maximum absolute atomic E-state index is 12.4. The van der Waals surface area contributed by atoms with Crippen molar-refractivity contribution in [3.8, 4) is 0 Å². The number of fused-ring (bicyclic) bond motifs is 1. The van der Waals surface area contributed by atoms with E-state index in [1.807, 2.05) is 29.6 Å². The summed E-state index contributed by atoms with van der Waals surface area (Å²) in [5.41, 5.74) is 7.17. The molecule has 0 saturated carbocycles. The number of hydrogen-bond donors (Lipinski definition) is 2. The van der Waals surface area contributed by atoms with Crippen molar-refractivity contribution >= 4 is 38.8 Å². The Morgan fingerprint density at radius 3 is 2.50 bits per heavy atom. The SMILES string of the molecule is NCC(=O)c1ccc(NC(=O)c2csc3ccccc23)cc1. The van der Waals surface area contributed by atoms with Gasteiger partial charge in [-0.3, -0.25) is 9.59 Å². The minimum absolute atomic E-state index is 0.0212. The molecule has 22 heavy (non-hydrogen) atoms. The number of carbonyl (C=O) groups is 2. The van der Waals surface area contributed by atoms with Crippen molar-refractivity contribution in [3.63, 3.8) is 0 Å². The van der Waals surface area contributed by atoms with E-state index >= 15 is 0 Å². The first kappa shape index (κ1) is 14.4. The second-order valence-electron chi connectivity index (χ2n) is 4.80. The number of rotatable bonds is 4. The van der Waals surface area contributed by atoms with Crippen molar-refractivity contribution in [2.24, 2.45) is 5.73 Å². The summed E-state index contributed by atoms with van der Waals surface area (Å²) in [5, 5.41) is 5.64. The van der Waals surface area contributed by atoms with E-state index in [0.29, 0.717) is 16.8 Å². The Kier molecular flexibility index (Phi) is 4.00. The van der Waals surface area contributed by atoms with E-state index in [0.717, 1.165) is 10.1 Å². The summed E-state index contributed by atoms with van der Waals surface area (Å²) in [6, 6.07) is 14.5. The van der Waals surface area contributed by atoms with Crippen LogP contribution in [0, 0.1) is 0 Å². The number of anilines is 1. The van der Waals surface area contributed by atoms with E-state index in [4.69, 9.17) is 5.73 Å². The number of hydrogen-bond acceptors (Lipinski definition) is 4. The summed E-state index contributed by atoms with van der Waals surface area (Å²) >= 11 is 1.54. The minimum atomic E-state index is -0.157. The van der Waals surface area contributed by atoms with E-state index in [2.05, 4.69) is 5.32 Å². The van der Waals surface area contributed by atoms with Crippen molar-refractivity contribution in [1.82, 2.24) is 0 Å². The molecule has 0 atom stereocenters. The van der Waals surface area contributed by atoms with E-state index < -0.39 is 0 Å². The number of nitrogens with two attached hydrogens (primary N) is 1. The number of benzene rings is 2. The van der Waals surface area contributed by atoms with Crippen LogP contribution in [-0.2, 0) is 0 Å².